The van der Waals surface area contributed by atoms with Crippen LogP contribution in [-0.4, -0.2) is 47.4 Å². The number of hydrogen-bond acceptors (Lipinski definition) is 3. The number of fused-ring (bicyclic) bond motifs is 1. The molecule has 0 radical (unpaired) electrons. The molecule has 6 heteroatoms. The summed E-state index contributed by atoms with van der Waals surface area (Å²) in [7, 11) is 1.40. The lowest BCUT2D eigenvalue weighted by Gasteiger charge is -2.21. The van der Waals surface area contributed by atoms with Gasteiger partial charge in [0.25, 0.3) is 0 Å². The lowest BCUT2D eigenvalue weighted by molar-refractivity contribution is -0.148. The van der Waals surface area contributed by atoms with Crippen molar-refractivity contribution >= 4 is 28.6 Å². The van der Waals surface area contributed by atoms with Gasteiger partial charge in [-0.3, -0.25) is 9.59 Å². The fourth-order valence-corrected chi connectivity index (χ4v) is 2.36. The van der Waals surface area contributed by atoms with Crippen LogP contribution in [-0.2, 0) is 20.8 Å². The molecule has 0 bridgehead atoms. The van der Waals surface area contributed by atoms with E-state index in [0.29, 0.717) is 0 Å². The highest BCUT2D eigenvalue weighted by atomic mass is 16.4. The summed E-state index contributed by atoms with van der Waals surface area (Å²) < 4.78 is 0. The fourth-order valence-electron chi connectivity index (χ4n) is 2.36. The smallest absolute Gasteiger partial charge is 0.326 e. The van der Waals surface area contributed by atoms with Gasteiger partial charge in [0.1, 0.15) is 6.04 Å². The van der Waals surface area contributed by atoms with Crippen LogP contribution >= 0.6 is 0 Å². The zero-order valence-corrected chi connectivity index (χ0v) is 13.7. The first-order valence-corrected chi connectivity index (χ1v) is 7.62. The Morgan fingerprint density at radius 3 is 2.50 bits per heavy atom. The number of carboxylic acids is 1. The third kappa shape index (κ3) is 4.10. The molecule has 2 amide bonds. The molecule has 0 saturated carbocycles. The maximum Gasteiger partial charge on any atom is 0.326 e. The van der Waals surface area contributed by atoms with Gasteiger partial charge in [-0.15, -0.1) is 0 Å². The first kappa shape index (κ1) is 17.5. The Morgan fingerprint density at radius 2 is 1.79 bits per heavy atom. The Morgan fingerprint density at radius 1 is 1.12 bits per heavy atom. The quantitative estimate of drug-likeness (QED) is 0.840. The van der Waals surface area contributed by atoms with Crippen LogP contribution in [0.4, 0.5) is 0 Å². The lowest BCUT2D eigenvalue weighted by Crippen LogP contribution is -2.45. The van der Waals surface area contributed by atoms with E-state index in [1.165, 1.54) is 14.0 Å². The molecule has 2 N–H and O–H groups in total. The minimum atomic E-state index is -1.09. The summed E-state index contributed by atoms with van der Waals surface area (Å²) >= 11 is 0. The highest BCUT2D eigenvalue weighted by Gasteiger charge is 2.21. The van der Waals surface area contributed by atoms with E-state index < -0.39 is 17.9 Å². The number of rotatable bonds is 6. The van der Waals surface area contributed by atoms with Crippen LogP contribution in [0.3, 0.4) is 0 Å². The zero-order chi connectivity index (χ0) is 17.7. The van der Waals surface area contributed by atoms with Crippen molar-refractivity contribution in [3.8, 4) is 0 Å². The number of carbonyl (C=O) groups excluding carboxylic acids is 2. The first-order valence-electron chi connectivity index (χ1n) is 7.62. The summed E-state index contributed by atoms with van der Waals surface area (Å²) in [5.41, 5.74) is 0.880. The number of hydrogen-bond donors (Lipinski definition) is 2. The van der Waals surface area contributed by atoms with Crippen molar-refractivity contribution in [2.45, 2.75) is 19.4 Å². The summed E-state index contributed by atoms with van der Waals surface area (Å²) in [6.07, 6.45) is 0.160. The first-order chi connectivity index (χ1) is 11.4. The Hall–Kier alpha value is -2.89. The maximum atomic E-state index is 12.1. The van der Waals surface area contributed by atoms with Crippen molar-refractivity contribution in [3.63, 3.8) is 0 Å². The molecule has 0 aliphatic rings. The molecule has 0 spiro atoms. The van der Waals surface area contributed by atoms with Crippen LogP contribution < -0.4 is 5.32 Å². The van der Waals surface area contributed by atoms with E-state index >= 15 is 0 Å². The molecule has 1 unspecified atom stereocenters. The van der Waals surface area contributed by atoms with Gasteiger partial charge < -0.3 is 15.3 Å². The Labute approximate surface area is 140 Å². The minimum Gasteiger partial charge on any atom is -0.480 e. The van der Waals surface area contributed by atoms with E-state index in [4.69, 9.17) is 5.11 Å². The predicted molar refractivity (Wildman–Crippen MR) is 90.5 cm³/mol. The molecule has 24 heavy (non-hydrogen) atoms. The largest absolute Gasteiger partial charge is 0.480 e. The van der Waals surface area contributed by atoms with Crippen molar-refractivity contribution in [2.75, 3.05) is 13.6 Å². The van der Waals surface area contributed by atoms with Crippen molar-refractivity contribution in [3.05, 3.63) is 48.0 Å². The monoisotopic (exact) mass is 328 g/mol. The molecule has 1 atom stereocenters. The predicted octanol–water partition coefficient (Wildman–Crippen LogP) is 1.43. The molecule has 0 aliphatic heterocycles. The van der Waals surface area contributed by atoms with Gasteiger partial charge in [0.15, 0.2) is 0 Å². The highest BCUT2D eigenvalue weighted by molar-refractivity contribution is 5.92. The molecule has 0 heterocycles. The van der Waals surface area contributed by atoms with Gasteiger partial charge in [0.2, 0.25) is 11.8 Å². The summed E-state index contributed by atoms with van der Waals surface area (Å²) in [5.74, 6) is -1.82. The normalized spacial score (nSPS) is 11.8. The number of likely N-dealkylation sites (N-methyl/N-ethyl adjacent to an activating group) is 1. The molecule has 0 fully saturated rings. The van der Waals surface area contributed by atoms with Crippen LogP contribution in [0.25, 0.3) is 10.8 Å². The molecule has 6 nitrogen and oxygen atoms in total. The lowest BCUT2D eigenvalue weighted by atomic mass is 10.0. The SMILES string of the molecule is CC(C(=O)O)N(C)C(=O)CNC(=O)Cc1cccc2ccccc12. The molecule has 0 saturated heterocycles. The second-order valence-electron chi connectivity index (χ2n) is 5.61. The summed E-state index contributed by atoms with van der Waals surface area (Å²) in [4.78, 5) is 36.0. The van der Waals surface area contributed by atoms with E-state index in [1.54, 1.807) is 0 Å². The number of carboxylic acid groups (broad SMARTS) is 1. The van der Waals surface area contributed by atoms with E-state index in [-0.39, 0.29) is 18.9 Å². The Kier molecular flexibility index (Phi) is 5.52. The number of carbonyl (C=O) groups is 3. The number of nitrogens with zero attached hydrogens (tertiary/aromatic N) is 1. The van der Waals surface area contributed by atoms with Crippen molar-refractivity contribution in [1.82, 2.24) is 10.2 Å². The van der Waals surface area contributed by atoms with E-state index in [2.05, 4.69) is 5.32 Å². The molecule has 2 aromatic carbocycles. The van der Waals surface area contributed by atoms with Crippen molar-refractivity contribution < 1.29 is 19.5 Å². The number of benzene rings is 2. The van der Waals surface area contributed by atoms with E-state index in [9.17, 15) is 14.4 Å². The second-order valence-corrected chi connectivity index (χ2v) is 5.61. The number of aliphatic carboxylic acids is 1. The minimum absolute atomic E-state index is 0.160. The van der Waals surface area contributed by atoms with Gasteiger partial charge in [-0.1, -0.05) is 42.5 Å². The summed E-state index contributed by atoms with van der Waals surface area (Å²) in [6.45, 7) is 1.19. The molecule has 0 aromatic heterocycles. The average molecular weight is 328 g/mol. The molecule has 2 rings (SSSR count). The third-order valence-electron chi connectivity index (χ3n) is 4.00. The Bertz CT molecular complexity index is 767. The van der Waals surface area contributed by atoms with E-state index in [1.807, 2.05) is 42.5 Å². The average Bonchev–Trinajstić information content (AvgIpc) is 2.58. The zero-order valence-electron chi connectivity index (χ0n) is 13.7. The molecule has 2 aromatic rings. The number of nitrogens with one attached hydrogen (secondary N) is 1. The van der Waals surface area contributed by atoms with E-state index in [0.717, 1.165) is 21.2 Å². The molecular formula is C18H20N2O4. The maximum absolute atomic E-state index is 12.1. The highest BCUT2D eigenvalue weighted by Crippen LogP contribution is 2.18. The second kappa shape index (κ2) is 7.59. The van der Waals surface area contributed by atoms with Crippen molar-refractivity contribution in [2.24, 2.45) is 0 Å². The third-order valence-corrected chi connectivity index (χ3v) is 4.00. The standard InChI is InChI=1S/C18H20N2O4/c1-12(18(23)24)20(2)17(22)11-19-16(21)10-14-8-5-7-13-6-3-4-9-15(13)14/h3-9,12H,10-11H2,1-2H3,(H,19,21)(H,23,24). The molecule has 0 aliphatic carbocycles. The van der Waals surface area contributed by atoms with Crippen LogP contribution in [0.15, 0.2) is 42.5 Å². The Balaban J connectivity index is 1.96. The van der Waals surface area contributed by atoms with Crippen LogP contribution in [0.1, 0.15) is 12.5 Å². The summed E-state index contributed by atoms with van der Waals surface area (Å²) in [6, 6.07) is 12.6. The fraction of sp³-hybridized carbons (Fsp3) is 0.278. The summed E-state index contributed by atoms with van der Waals surface area (Å²) in [5, 5.41) is 13.5. The number of amides is 2. The molecular weight excluding hydrogens is 308 g/mol. The van der Waals surface area contributed by atoms with Crippen LogP contribution in [0.2, 0.25) is 0 Å². The van der Waals surface area contributed by atoms with Gasteiger partial charge in [0, 0.05) is 7.05 Å². The van der Waals surface area contributed by atoms with Gasteiger partial charge in [-0.2, -0.15) is 0 Å². The van der Waals surface area contributed by atoms with Gasteiger partial charge in [0.05, 0.1) is 13.0 Å². The molecule has 126 valence electrons. The van der Waals surface area contributed by atoms with Gasteiger partial charge in [-0.25, -0.2) is 4.79 Å². The topological polar surface area (TPSA) is 86.7 Å². The van der Waals surface area contributed by atoms with Crippen LogP contribution in [0.5, 0.6) is 0 Å². The van der Waals surface area contributed by atoms with Gasteiger partial charge in [-0.05, 0) is 23.3 Å². The van der Waals surface area contributed by atoms with Gasteiger partial charge >= 0.3 is 5.97 Å². The van der Waals surface area contributed by atoms with Crippen LogP contribution in [0, 0.1) is 0 Å². The van der Waals surface area contributed by atoms with Crippen molar-refractivity contribution in [1.29, 1.82) is 0 Å².